The number of amides is 2. The van der Waals surface area contributed by atoms with Crippen LogP contribution in [0.2, 0.25) is 0 Å². The molecule has 2 fully saturated rings. The molecule has 1 saturated heterocycles. The van der Waals surface area contributed by atoms with Crippen molar-refractivity contribution in [3.8, 4) is 5.75 Å². The zero-order chi connectivity index (χ0) is 22.5. The normalized spacial score (nSPS) is 25.0. The minimum Gasteiger partial charge on any atom is -0.497 e. The van der Waals surface area contributed by atoms with Gasteiger partial charge in [-0.3, -0.25) is 9.59 Å². The van der Waals surface area contributed by atoms with Crippen molar-refractivity contribution in [1.82, 2.24) is 0 Å². The Hall–Kier alpha value is -3.92. The number of nitrogens with zero attached hydrogens (tertiary/aromatic N) is 1. The highest BCUT2D eigenvalue weighted by Crippen LogP contribution is 2.58. The van der Waals surface area contributed by atoms with Crippen LogP contribution in [0.1, 0.15) is 11.1 Å². The van der Waals surface area contributed by atoms with E-state index >= 15 is 0 Å². The monoisotopic (exact) mass is 433 g/mol. The van der Waals surface area contributed by atoms with Crippen molar-refractivity contribution in [3.63, 3.8) is 0 Å². The van der Waals surface area contributed by atoms with Gasteiger partial charge in [0.2, 0.25) is 11.8 Å². The molecule has 1 aliphatic heterocycles. The summed E-state index contributed by atoms with van der Waals surface area (Å²) in [5.41, 5.74) is 5.13. The molecule has 0 radical (unpaired) electrons. The van der Waals surface area contributed by atoms with E-state index in [1.807, 2.05) is 48.5 Å². The molecule has 0 aromatic heterocycles. The summed E-state index contributed by atoms with van der Waals surface area (Å²) >= 11 is 0. The lowest BCUT2D eigenvalue weighted by Gasteiger charge is -2.22. The molecule has 1 heterocycles. The molecule has 3 aromatic rings. The Labute approximate surface area is 192 Å². The molecule has 0 spiro atoms. The maximum atomic E-state index is 13.6. The van der Waals surface area contributed by atoms with E-state index in [1.165, 1.54) is 10.5 Å². The van der Waals surface area contributed by atoms with Crippen molar-refractivity contribution >= 4 is 23.1 Å². The van der Waals surface area contributed by atoms with Crippen LogP contribution >= 0.6 is 0 Å². The van der Waals surface area contributed by atoms with Crippen molar-refractivity contribution in [2.24, 2.45) is 23.7 Å². The second-order valence-electron chi connectivity index (χ2n) is 8.76. The largest absolute Gasteiger partial charge is 0.497 e. The van der Waals surface area contributed by atoms with E-state index in [0.717, 1.165) is 16.7 Å². The number of methoxy groups -OCH3 is 1. The number of imide groups is 1. The summed E-state index contributed by atoms with van der Waals surface area (Å²) in [5.74, 6) is -0.499. The van der Waals surface area contributed by atoms with Crippen molar-refractivity contribution < 1.29 is 14.3 Å². The average molecular weight is 434 g/mol. The molecule has 4 atom stereocenters. The SMILES string of the molecule is COc1cccc(N2C(=O)[C@@H]3[C@H](C2=O)[C@H]2C=C[C@H]3C2=C(c2ccccc2)c2ccccc2)c1. The summed E-state index contributed by atoms with van der Waals surface area (Å²) in [6.07, 6.45) is 4.26. The maximum Gasteiger partial charge on any atom is 0.238 e. The van der Waals surface area contributed by atoms with Gasteiger partial charge in [-0.05, 0) is 34.4 Å². The molecule has 0 N–H and O–H groups in total. The Morgan fingerprint density at radius 2 is 1.27 bits per heavy atom. The van der Waals surface area contributed by atoms with Gasteiger partial charge < -0.3 is 4.74 Å². The van der Waals surface area contributed by atoms with Crippen LogP contribution in [0.5, 0.6) is 5.75 Å². The Morgan fingerprint density at radius 3 is 1.79 bits per heavy atom. The summed E-state index contributed by atoms with van der Waals surface area (Å²) < 4.78 is 5.31. The van der Waals surface area contributed by atoms with Gasteiger partial charge in [0.05, 0.1) is 24.6 Å². The number of anilines is 1. The quantitative estimate of drug-likeness (QED) is 0.424. The van der Waals surface area contributed by atoms with Crippen molar-refractivity contribution in [2.75, 3.05) is 12.0 Å². The smallest absolute Gasteiger partial charge is 0.238 e. The molecule has 3 aromatic carbocycles. The van der Waals surface area contributed by atoms with Gasteiger partial charge in [0.1, 0.15) is 5.75 Å². The number of carbonyl (C=O) groups excluding carboxylic acids is 2. The van der Waals surface area contributed by atoms with E-state index in [1.54, 1.807) is 19.2 Å². The molecular weight excluding hydrogens is 410 g/mol. The number of hydrogen-bond acceptors (Lipinski definition) is 3. The Bertz CT molecular complexity index is 1230. The highest BCUT2D eigenvalue weighted by molar-refractivity contribution is 6.23. The molecule has 162 valence electrons. The number of hydrogen-bond donors (Lipinski definition) is 0. The highest BCUT2D eigenvalue weighted by atomic mass is 16.5. The molecule has 2 amide bonds. The van der Waals surface area contributed by atoms with Crippen molar-refractivity contribution in [1.29, 1.82) is 0 Å². The van der Waals surface area contributed by atoms with Gasteiger partial charge in [-0.15, -0.1) is 0 Å². The van der Waals surface area contributed by atoms with E-state index in [2.05, 4.69) is 36.4 Å². The van der Waals surface area contributed by atoms with Gasteiger partial charge in [-0.2, -0.15) is 0 Å². The first-order chi connectivity index (χ1) is 16.2. The zero-order valence-electron chi connectivity index (χ0n) is 18.2. The van der Waals surface area contributed by atoms with Crippen LogP contribution < -0.4 is 9.64 Å². The maximum absolute atomic E-state index is 13.6. The fourth-order valence-electron chi connectivity index (χ4n) is 5.81. The van der Waals surface area contributed by atoms with Crippen LogP contribution in [-0.2, 0) is 9.59 Å². The first-order valence-electron chi connectivity index (χ1n) is 11.2. The predicted molar refractivity (Wildman–Crippen MR) is 127 cm³/mol. The standard InChI is InChI=1S/C29H23NO3/c1-33-21-14-8-13-20(17-21)30-28(31)26-22-15-16-23(27(26)29(30)32)25(22)24(18-9-4-2-5-10-18)19-11-6-3-7-12-19/h2-17,22-23,26-27H,1H3/t22-,23-,26-,27+/m0/s1. The van der Waals surface area contributed by atoms with Crippen LogP contribution in [0.15, 0.2) is 103 Å². The van der Waals surface area contributed by atoms with Gasteiger partial charge in [0, 0.05) is 17.9 Å². The number of fused-ring (bicyclic) bond motifs is 5. The second kappa shape index (κ2) is 7.59. The summed E-state index contributed by atoms with van der Waals surface area (Å²) in [5, 5.41) is 0. The van der Waals surface area contributed by atoms with Gasteiger partial charge in [-0.1, -0.05) is 78.9 Å². The molecule has 3 aliphatic rings. The molecule has 2 bridgehead atoms. The zero-order valence-corrected chi connectivity index (χ0v) is 18.2. The van der Waals surface area contributed by atoms with Crippen molar-refractivity contribution in [3.05, 3.63) is 114 Å². The minimum atomic E-state index is -0.365. The van der Waals surface area contributed by atoms with Gasteiger partial charge >= 0.3 is 0 Å². The topological polar surface area (TPSA) is 46.6 Å². The summed E-state index contributed by atoms with van der Waals surface area (Å²) in [6.45, 7) is 0. The fourth-order valence-corrected chi connectivity index (χ4v) is 5.81. The number of ether oxygens (including phenoxy) is 1. The number of carbonyl (C=O) groups is 2. The summed E-state index contributed by atoms with van der Waals surface area (Å²) in [4.78, 5) is 28.6. The van der Waals surface area contributed by atoms with Gasteiger partial charge in [0.25, 0.3) is 0 Å². The molecule has 4 nitrogen and oxygen atoms in total. The van der Waals surface area contributed by atoms with E-state index in [-0.39, 0.29) is 35.5 Å². The minimum absolute atomic E-state index is 0.0810. The Kier molecular flexibility index (Phi) is 4.54. The second-order valence-corrected chi connectivity index (χ2v) is 8.76. The molecule has 0 unspecified atom stereocenters. The summed E-state index contributed by atoms with van der Waals surface area (Å²) in [6, 6.07) is 27.7. The predicted octanol–water partition coefficient (Wildman–Crippen LogP) is 5.12. The van der Waals surface area contributed by atoms with E-state index in [0.29, 0.717) is 11.4 Å². The number of rotatable bonds is 4. The lowest BCUT2D eigenvalue weighted by Crippen LogP contribution is -2.33. The van der Waals surface area contributed by atoms with E-state index in [4.69, 9.17) is 4.74 Å². The molecule has 6 rings (SSSR count). The molecular formula is C29H23NO3. The van der Waals surface area contributed by atoms with Crippen LogP contribution in [0.4, 0.5) is 5.69 Å². The van der Waals surface area contributed by atoms with E-state index in [9.17, 15) is 9.59 Å². The van der Waals surface area contributed by atoms with Crippen LogP contribution in [0.25, 0.3) is 5.57 Å². The first-order valence-corrected chi connectivity index (χ1v) is 11.2. The lowest BCUT2D eigenvalue weighted by atomic mass is 9.85. The Balaban J connectivity index is 1.47. The van der Waals surface area contributed by atoms with E-state index < -0.39 is 0 Å². The van der Waals surface area contributed by atoms with Crippen LogP contribution in [0, 0.1) is 23.7 Å². The third-order valence-electron chi connectivity index (χ3n) is 7.14. The van der Waals surface area contributed by atoms with Gasteiger partial charge in [0.15, 0.2) is 0 Å². The Morgan fingerprint density at radius 1 is 0.727 bits per heavy atom. The number of benzene rings is 3. The van der Waals surface area contributed by atoms with Crippen LogP contribution in [0.3, 0.4) is 0 Å². The molecule has 4 heteroatoms. The third-order valence-corrected chi connectivity index (χ3v) is 7.14. The summed E-state index contributed by atoms with van der Waals surface area (Å²) in [7, 11) is 1.58. The van der Waals surface area contributed by atoms with Crippen LogP contribution in [-0.4, -0.2) is 18.9 Å². The lowest BCUT2D eigenvalue weighted by molar-refractivity contribution is -0.122. The molecule has 2 aliphatic carbocycles. The molecule has 1 saturated carbocycles. The highest BCUT2D eigenvalue weighted by Gasteiger charge is 2.62. The third kappa shape index (κ3) is 2.91. The van der Waals surface area contributed by atoms with Gasteiger partial charge in [-0.25, -0.2) is 4.90 Å². The fraction of sp³-hybridized carbons (Fsp3) is 0.172. The molecule has 33 heavy (non-hydrogen) atoms. The number of allylic oxidation sites excluding steroid dienone is 3. The van der Waals surface area contributed by atoms with Crippen molar-refractivity contribution in [2.45, 2.75) is 0 Å². The first kappa shape index (κ1) is 19.7. The average Bonchev–Trinajstić information content (AvgIpc) is 3.50.